The lowest BCUT2D eigenvalue weighted by molar-refractivity contribution is -0.142. The van der Waals surface area contributed by atoms with E-state index < -0.39 is 18.0 Å². The van der Waals surface area contributed by atoms with Crippen LogP contribution in [0.25, 0.3) is 0 Å². The van der Waals surface area contributed by atoms with Crippen LogP contribution in [0.1, 0.15) is 18.9 Å². The number of hydrogen-bond donors (Lipinski definition) is 1. The van der Waals surface area contributed by atoms with Gasteiger partial charge in [0.05, 0.1) is 11.5 Å². The van der Waals surface area contributed by atoms with Gasteiger partial charge in [0, 0.05) is 13.1 Å². The van der Waals surface area contributed by atoms with E-state index in [0.717, 1.165) is 0 Å². The number of rotatable bonds is 4. The van der Waals surface area contributed by atoms with Crippen LogP contribution in [-0.4, -0.2) is 41.1 Å². The number of ether oxygens (including phenoxy) is 1. The van der Waals surface area contributed by atoms with E-state index in [0.29, 0.717) is 24.3 Å². The largest absolute Gasteiger partial charge is 0.481 e. The molecule has 1 saturated heterocycles. The van der Waals surface area contributed by atoms with Crippen molar-refractivity contribution in [1.82, 2.24) is 4.90 Å². The Kier molecular flexibility index (Phi) is 4.43. The van der Waals surface area contributed by atoms with Crippen LogP contribution in [0, 0.1) is 17.2 Å². The van der Waals surface area contributed by atoms with Gasteiger partial charge in [0.2, 0.25) is 0 Å². The van der Waals surface area contributed by atoms with Crippen molar-refractivity contribution < 1.29 is 19.4 Å². The zero-order valence-electron chi connectivity index (χ0n) is 11.7. The molecule has 1 amide bonds. The lowest BCUT2D eigenvalue weighted by Gasteiger charge is -2.21. The SMILES string of the molecule is CC(Oc1ccccc1C#N)C(=O)N1CCC(C(=O)O)C1. The summed E-state index contributed by atoms with van der Waals surface area (Å²) >= 11 is 0. The molecule has 1 aliphatic heterocycles. The monoisotopic (exact) mass is 288 g/mol. The molecule has 1 N–H and O–H groups in total. The van der Waals surface area contributed by atoms with Gasteiger partial charge in [0.25, 0.3) is 5.91 Å². The van der Waals surface area contributed by atoms with Crippen LogP contribution in [-0.2, 0) is 9.59 Å². The highest BCUT2D eigenvalue weighted by atomic mass is 16.5. The molecule has 6 nitrogen and oxygen atoms in total. The van der Waals surface area contributed by atoms with Gasteiger partial charge in [-0.3, -0.25) is 9.59 Å². The molecular formula is C15H16N2O4. The third-order valence-electron chi connectivity index (χ3n) is 3.51. The maximum atomic E-state index is 12.2. The number of nitriles is 1. The van der Waals surface area contributed by atoms with Crippen molar-refractivity contribution >= 4 is 11.9 Å². The predicted octanol–water partition coefficient (Wildman–Crippen LogP) is 1.26. The Hall–Kier alpha value is -2.55. The highest BCUT2D eigenvalue weighted by Crippen LogP contribution is 2.21. The lowest BCUT2D eigenvalue weighted by atomic mass is 10.1. The quantitative estimate of drug-likeness (QED) is 0.900. The Morgan fingerprint density at radius 3 is 2.81 bits per heavy atom. The first kappa shape index (κ1) is 14.9. The molecule has 1 aliphatic rings. The fraction of sp³-hybridized carbons (Fsp3) is 0.400. The zero-order chi connectivity index (χ0) is 15.4. The second-order valence-electron chi connectivity index (χ2n) is 4.98. The molecule has 0 radical (unpaired) electrons. The predicted molar refractivity (Wildman–Crippen MR) is 73.6 cm³/mol. The number of amides is 1. The molecule has 6 heteroatoms. The van der Waals surface area contributed by atoms with E-state index in [2.05, 4.69) is 0 Å². The Balaban J connectivity index is 2.01. The van der Waals surface area contributed by atoms with Crippen LogP contribution in [0.3, 0.4) is 0 Å². The summed E-state index contributed by atoms with van der Waals surface area (Å²) < 4.78 is 5.55. The molecule has 0 spiro atoms. The second-order valence-corrected chi connectivity index (χ2v) is 4.98. The Labute approximate surface area is 122 Å². The van der Waals surface area contributed by atoms with Gasteiger partial charge in [0.15, 0.2) is 6.10 Å². The third kappa shape index (κ3) is 3.31. The number of carbonyl (C=O) groups is 2. The number of carboxylic acids is 1. The van der Waals surface area contributed by atoms with E-state index in [-0.39, 0.29) is 12.5 Å². The van der Waals surface area contributed by atoms with E-state index >= 15 is 0 Å². The van der Waals surface area contributed by atoms with Crippen molar-refractivity contribution in [1.29, 1.82) is 5.26 Å². The molecule has 2 atom stereocenters. The fourth-order valence-electron chi connectivity index (χ4n) is 2.32. The van der Waals surface area contributed by atoms with Gasteiger partial charge in [-0.2, -0.15) is 5.26 Å². The van der Waals surface area contributed by atoms with Crippen molar-refractivity contribution in [2.24, 2.45) is 5.92 Å². The summed E-state index contributed by atoms with van der Waals surface area (Å²) in [6, 6.07) is 8.69. The summed E-state index contributed by atoms with van der Waals surface area (Å²) in [6.07, 6.45) is -0.296. The molecule has 1 aromatic carbocycles. The van der Waals surface area contributed by atoms with Crippen LogP contribution in [0.4, 0.5) is 0 Å². The molecule has 2 unspecified atom stereocenters. The molecular weight excluding hydrogens is 272 g/mol. The molecule has 0 aliphatic carbocycles. The first-order valence-electron chi connectivity index (χ1n) is 6.70. The van der Waals surface area contributed by atoms with Gasteiger partial charge in [-0.25, -0.2) is 0 Å². The van der Waals surface area contributed by atoms with Gasteiger partial charge in [0.1, 0.15) is 11.8 Å². The molecule has 2 rings (SSSR count). The number of carbonyl (C=O) groups excluding carboxylic acids is 1. The number of likely N-dealkylation sites (tertiary alicyclic amines) is 1. The number of hydrogen-bond acceptors (Lipinski definition) is 4. The zero-order valence-corrected chi connectivity index (χ0v) is 11.7. The van der Waals surface area contributed by atoms with Gasteiger partial charge in [-0.05, 0) is 25.5 Å². The van der Waals surface area contributed by atoms with Crippen LogP contribution in [0.2, 0.25) is 0 Å². The molecule has 0 bridgehead atoms. The van der Waals surface area contributed by atoms with Gasteiger partial charge < -0.3 is 14.7 Å². The van der Waals surface area contributed by atoms with Gasteiger partial charge in [-0.15, -0.1) is 0 Å². The topological polar surface area (TPSA) is 90.6 Å². The molecule has 1 heterocycles. The average molecular weight is 288 g/mol. The van der Waals surface area contributed by atoms with E-state index in [1.54, 1.807) is 31.2 Å². The summed E-state index contributed by atoms with van der Waals surface area (Å²) in [5.41, 5.74) is 0.363. The summed E-state index contributed by atoms with van der Waals surface area (Å²) in [4.78, 5) is 24.6. The maximum absolute atomic E-state index is 12.2. The second kappa shape index (κ2) is 6.27. The third-order valence-corrected chi connectivity index (χ3v) is 3.51. The molecule has 1 aromatic rings. The first-order valence-corrected chi connectivity index (χ1v) is 6.70. The molecule has 0 aromatic heterocycles. The van der Waals surface area contributed by atoms with Gasteiger partial charge >= 0.3 is 5.97 Å². The number of nitrogens with zero attached hydrogens (tertiary/aromatic N) is 2. The van der Waals surface area contributed by atoms with Crippen LogP contribution >= 0.6 is 0 Å². The Morgan fingerprint density at radius 2 is 2.19 bits per heavy atom. The summed E-state index contributed by atoms with van der Waals surface area (Å²) in [7, 11) is 0. The van der Waals surface area contributed by atoms with Crippen LogP contribution < -0.4 is 4.74 Å². The van der Waals surface area contributed by atoms with Crippen molar-refractivity contribution in [3.05, 3.63) is 29.8 Å². The minimum atomic E-state index is -0.881. The summed E-state index contributed by atoms with van der Waals surface area (Å²) in [5, 5.41) is 17.9. The van der Waals surface area contributed by atoms with Crippen molar-refractivity contribution in [2.45, 2.75) is 19.4 Å². The van der Waals surface area contributed by atoms with Crippen molar-refractivity contribution in [2.75, 3.05) is 13.1 Å². The number of benzene rings is 1. The summed E-state index contributed by atoms with van der Waals surface area (Å²) in [6.45, 7) is 2.23. The van der Waals surface area contributed by atoms with E-state index in [1.807, 2.05) is 6.07 Å². The van der Waals surface area contributed by atoms with Crippen molar-refractivity contribution in [3.8, 4) is 11.8 Å². The Morgan fingerprint density at radius 1 is 1.48 bits per heavy atom. The average Bonchev–Trinajstić information content (AvgIpc) is 2.97. The standard InChI is InChI=1S/C15H16N2O4/c1-10(21-13-5-3-2-4-11(13)8-16)14(18)17-7-6-12(9-17)15(19)20/h2-5,10,12H,6-7,9H2,1H3,(H,19,20). The van der Waals surface area contributed by atoms with Gasteiger partial charge in [-0.1, -0.05) is 12.1 Å². The minimum Gasteiger partial charge on any atom is -0.481 e. The highest BCUT2D eigenvalue weighted by Gasteiger charge is 2.33. The number of para-hydroxylation sites is 1. The molecule has 0 saturated carbocycles. The molecule has 1 fully saturated rings. The van der Waals surface area contributed by atoms with Crippen LogP contribution in [0.15, 0.2) is 24.3 Å². The minimum absolute atomic E-state index is 0.210. The summed E-state index contributed by atoms with van der Waals surface area (Å²) in [5.74, 6) is -1.29. The smallest absolute Gasteiger partial charge is 0.308 e. The Bertz CT molecular complexity index is 594. The lowest BCUT2D eigenvalue weighted by Crippen LogP contribution is -2.39. The van der Waals surface area contributed by atoms with E-state index in [4.69, 9.17) is 15.1 Å². The highest BCUT2D eigenvalue weighted by molar-refractivity contribution is 5.82. The maximum Gasteiger partial charge on any atom is 0.308 e. The molecule has 110 valence electrons. The van der Waals surface area contributed by atoms with E-state index in [1.165, 1.54) is 4.90 Å². The first-order chi connectivity index (χ1) is 10.0. The van der Waals surface area contributed by atoms with Crippen molar-refractivity contribution in [3.63, 3.8) is 0 Å². The number of aliphatic carboxylic acids is 1. The fourth-order valence-corrected chi connectivity index (χ4v) is 2.32. The molecule has 21 heavy (non-hydrogen) atoms. The normalized spacial score (nSPS) is 18.9. The van der Waals surface area contributed by atoms with E-state index in [9.17, 15) is 9.59 Å². The van der Waals surface area contributed by atoms with Crippen LogP contribution in [0.5, 0.6) is 5.75 Å². The number of carboxylic acid groups (broad SMARTS) is 1.